The molecule has 2 heterocycles. The van der Waals surface area contributed by atoms with E-state index in [1.54, 1.807) is 42.5 Å². The molecular formula is C21H16BrN5O5. The normalized spacial score (nSPS) is 14.2. The SMILES string of the molecule is COc1cc(Br)c(C=C2N=C(c3ccc(NC(=O)c4ncn[nH]4)cc3)OC2=O)cc1OC. The predicted molar refractivity (Wildman–Crippen MR) is 119 cm³/mol. The first-order valence-corrected chi connectivity index (χ1v) is 9.99. The van der Waals surface area contributed by atoms with Gasteiger partial charge < -0.3 is 19.5 Å². The van der Waals surface area contributed by atoms with Crippen molar-refractivity contribution in [3.05, 3.63) is 69.8 Å². The van der Waals surface area contributed by atoms with E-state index in [9.17, 15) is 9.59 Å². The lowest BCUT2D eigenvalue weighted by molar-refractivity contribution is -0.129. The molecule has 0 aliphatic carbocycles. The standard InChI is InChI=1S/C21H16BrN5O5/c1-30-16-8-12(14(22)9-17(16)31-2)7-15-21(29)32-20(26-15)11-3-5-13(6-4-11)25-19(28)18-23-10-24-27-18/h3-10H,1-2H3,(H,25,28)(H,23,24,27). The van der Waals surface area contributed by atoms with Crippen molar-refractivity contribution in [3.63, 3.8) is 0 Å². The van der Waals surface area contributed by atoms with Gasteiger partial charge in [0.1, 0.15) is 6.33 Å². The minimum absolute atomic E-state index is 0.0966. The zero-order valence-corrected chi connectivity index (χ0v) is 18.5. The summed E-state index contributed by atoms with van der Waals surface area (Å²) in [7, 11) is 3.07. The van der Waals surface area contributed by atoms with Crippen LogP contribution in [-0.2, 0) is 9.53 Å². The smallest absolute Gasteiger partial charge is 0.363 e. The summed E-state index contributed by atoms with van der Waals surface area (Å²) in [5.41, 5.74) is 1.91. The number of anilines is 1. The summed E-state index contributed by atoms with van der Waals surface area (Å²) in [5, 5.41) is 8.80. The maximum Gasteiger partial charge on any atom is 0.363 e. The Morgan fingerprint density at radius 3 is 2.53 bits per heavy atom. The predicted octanol–water partition coefficient (Wildman–Crippen LogP) is 3.18. The highest BCUT2D eigenvalue weighted by Crippen LogP contribution is 2.35. The Hall–Kier alpha value is -3.99. The first kappa shape index (κ1) is 21.2. The van der Waals surface area contributed by atoms with Crippen molar-refractivity contribution < 1.29 is 23.8 Å². The highest BCUT2D eigenvalue weighted by atomic mass is 79.9. The van der Waals surface area contributed by atoms with Gasteiger partial charge in [-0.25, -0.2) is 14.8 Å². The molecule has 0 radical (unpaired) electrons. The van der Waals surface area contributed by atoms with Gasteiger partial charge in [0.2, 0.25) is 11.7 Å². The highest BCUT2D eigenvalue weighted by molar-refractivity contribution is 9.10. The van der Waals surface area contributed by atoms with Crippen molar-refractivity contribution >= 4 is 45.5 Å². The van der Waals surface area contributed by atoms with Gasteiger partial charge >= 0.3 is 5.97 Å². The van der Waals surface area contributed by atoms with Gasteiger partial charge in [0, 0.05) is 15.7 Å². The maximum absolute atomic E-state index is 12.3. The molecule has 162 valence electrons. The first-order valence-electron chi connectivity index (χ1n) is 9.19. The number of hydrogen-bond acceptors (Lipinski definition) is 8. The molecule has 0 atom stereocenters. The summed E-state index contributed by atoms with van der Waals surface area (Å²) in [5.74, 6) is 0.316. The number of esters is 1. The van der Waals surface area contributed by atoms with Crippen LogP contribution in [0.1, 0.15) is 21.7 Å². The molecule has 0 unspecified atom stereocenters. The number of cyclic esters (lactones) is 1. The Balaban J connectivity index is 1.55. The summed E-state index contributed by atoms with van der Waals surface area (Å²) in [6.07, 6.45) is 2.84. The minimum atomic E-state index is -0.579. The van der Waals surface area contributed by atoms with Crippen LogP contribution in [0.5, 0.6) is 11.5 Å². The third kappa shape index (κ3) is 4.37. The van der Waals surface area contributed by atoms with Crippen molar-refractivity contribution in [2.24, 2.45) is 4.99 Å². The fraction of sp³-hybridized carbons (Fsp3) is 0.0952. The lowest BCUT2D eigenvalue weighted by Crippen LogP contribution is -2.14. The number of hydrogen-bond donors (Lipinski definition) is 2. The van der Waals surface area contributed by atoms with E-state index in [0.29, 0.717) is 32.8 Å². The molecule has 2 N–H and O–H groups in total. The zero-order chi connectivity index (χ0) is 22.7. The Bertz CT molecular complexity index is 1240. The third-order valence-corrected chi connectivity index (χ3v) is 5.12. The molecule has 0 saturated heterocycles. The number of methoxy groups -OCH3 is 2. The van der Waals surface area contributed by atoms with Crippen LogP contribution in [0.2, 0.25) is 0 Å². The van der Waals surface area contributed by atoms with E-state index < -0.39 is 11.9 Å². The summed E-state index contributed by atoms with van der Waals surface area (Å²) in [6.45, 7) is 0. The van der Waals surface area contributed by atoms with Crippen LogP contribution in [0.15, 0.2) is 57.9 Å². The van der Waals surface area contributed by atoms with Gasteiger partial charge in [-0.3, -0.25) is 9.89 Å². The Morgan fingerprint density at radius 2 is 1.88 bits per heavy atom. The van der Waals surface area contributed by atoms with Crippen LogP contribution >= 0.6 is 15.9 Å². The zero-order valence-electron chi connectivity index (χ0n) is 16.9. The Kier molecular flexibility index (Phi) is 5.99. The van der Waals surface area contributed by atoms with E-state index in [4.69, 9.17) is 14.2 Å². The number of aliphatic imine (C=N–C) groups is 1. The molecule has 1 aromatic heterocycles. The van der Waals surface area contributed by atoms with Crippen LogP contribution in [0.25, 0.3) is 6.08 Å². The van der Waals surface area contributed by atoms with Crippen molar-refractivity contribution in [3.8, 4) is 11.5 Å². The van der Waals surface area contributed by atoms with Crippen LogP contribution in [0.4, 0.5) is 5.69 Å². The minimum Gasteiger partial charge on any atom is -0.493 e. The monoisotopic (exact) mass is 497 g/mol. The highest BCUT2D eigenvalue weighted by Gasteiger charge is 2.25. The number of aromatic nitrogens is 3. The molecule has 3 aromatic rings. The van der Waals surface area contributed by atoms with E-state index in [0.717, 1.165) is 0 Å². The lowest BCUT2D eigenvalue weighted by atomic mass is 10.1. The number of benzene rings is 2. The number of carbonyl (C=O) groups is 2. The van der Waals surface area contributed by atoms with Gasteiger partial charge in [-0.15, -0.1) is 0 Å². The maximum atomic E-state index is 12.3. The molecule has 0 spiro atoms. The molecule has 1 amide bonds. The fourth-order valence-corrected chi connectivity index (χ4v) is 3.30. The average molecular weight is 498 g/mol. The Labute approximate surface area is 190 Å². The number of rotatable bonds is 6. The molecule has 10 nitrogen and oxygen atoms in total. The Morgan fingerprint density at radius 1 is 1.16 bits per heavy atom. The second-order valence-corrected chi connectivity index (χ2v) is 7.28. The number of nitrogens with zero attached hydrogens (tertiary/aromatic N) is 3. The molecule has 1 aliphatic rings. The van der Waals surface area contributed by atoms with E-state index in [2.05, 4.69) is 41.4 Å². The van der Waals surface area contributed by atoms with E-state index in [1.165, 1.54) is 20.5 Å². The number of ether oxygens (including phenoxy) is 3. The topological polar surface area (TPSA) is 128 Å². The lowest BCUT2D eigenvalue weighted by Gasteiger charge is -2.09. The third-order valence-electron chi connectivity index (χ3n) is 4.44. The average Bonchev–Trinajstić information content (AvgIpc) is 3.46. The number of aromatic amines is 1. The second-order valence-electron chi connectivity index (χ2n) is 6.43. The molecule has 4 rings (SSSR count). The molecule has 1 aliphatic heterocycles. The van der Waals surface area contributed by atoms with Gasteiger partial charge in [-0.2, -0.15) is 5.10 Å². The summed E-state index contributed by atoms with van der Waals surface area (Å²) in [4.78, 5) is 32.5. The number of carbonyl (C=O) groups excluding carboxylic acids is 2. The first-order chi connectivity index (χ1) is 15.5. The summed E-state index contributed by atoms with van der Waals surface area (Å²) >= 11 is 3.45. The van der Waals surface area contributed by atoms with Crippen molar-refractivity contribution in [1.29, 1.82) is 0 Å². The number of nitrogens with one attached hydrogen (secondary N) is 2. The fourth-order valence-electron chi connectivity index (χ4n) is 2.86. The van der Waals surface area contributed by atoms with Gasteiger partial charge in [-0.05, 0) is 48.0 Å². The number of H-pyrrole nitrogens is 1. The molecule has 32 heavy (non-hydrogen) atoms. The van der Waals surface area contributed by atoms with Crippen molar-refractivity contribution in [2.45, 2.75) is 0 Å². The van der Waals surface area contributed by atoms with E-state index in [1.807, 2.05) is 0 Å². The van der Waals surface area contributed by atoms with Crippen LogP contribution in [0, 0.1) is 0 Å². The van der Waals surface area contributed by atoms with Gasteiger partial charge in [0.15, 0.2) is 17.2 Å². The van der Waals surface area contributed by atoms with Crippen LogP contribution in [-0.4, -0.2) is 47.2 Å². The van der Waals surface area contributed by atoms with Crippen molar-refractivity contribution in [1.82, 2.24) is 15.2 Å². The second kappa shape index (κ2) is 9.02. The van der Waals surface area contributed by atoms with Crippen molar-refractivity contribution in [2.75, 3.05) is 19.5 Å². The molecule has 0 saturated carbocycles. The van der Waals surface area contributed by atoms with Gasteiger partial charge in [0.25, 0.3) is 5.91 Å². The number of amides is 1. The van der Waals surface area contributed by atoms with E-state index in [-0.39, 0.29) is 17.4 Å². The quantitative estimate of drug-likeness (QED) is 0.395. The molecule has 0 fully saturated rings. The van der Waals surface area contributed by atoms with Gasteiger partial charge in [-0.1, -0.05) is 15.9 Å². The molecular weight excluding hydrogens is 482 g/mol. The van der Waals surface area contributed by atoms with Crippen LogP contribution in [0.3, 0.4) is 0 Å². The largest absolute Gasteiger partial charge is 0.493 e. The number of halogens is 1. The summed E-state index contributed by atoms with van der Waals surface area (Å²) < 4.78 is 16.6. The molecule has 0 bridgehead atoms. The van der Waals surface area contributed by atoms with Crippen LogP contribution < -0.4 is 14.8 Å². The van der Waals surface area contributed by atoms with E-state index >= 15 is 0 Å². The molecule has 2 aromatic carbocycles. The van der Waals surface area contributed by atoms with Gasteiger partial charge in [0.05, 0.1) is 14.2 Å². The summed E-state index contributed by atoms with van der Waals surface area (Å²) in [6, 6.07) is 10.1. The molecule has 11 heteroatoms.